The van der Waals surface area contributed by atoms with E-state index in [4.69, 9.17) is 28.2 Å². The molecule has 1 atom stereocenters. The second kappa shape index (κ2) is 7.98. The lowest BCUT2D eigenvalue weighted by atomic mass is 10.1. The molecule has 1 N–H and O–H groups in total. The topological polar surface area (TPSA) is 60.9 Å². The van der Waals surface area contributed by atoms with E-state index in [1.807, 2.05) is 24.3 Å². The fourth-order valence-corrected chi connectivity index (χ4v) is 4.39. The molecule has 1 saturated heterocycles. The van der Waals surface area contributed by atoms with E-state index in [2.05, 4.69) is 31.9 Å². The first-order valence-electron chi connectivity index (χ1n) is 9.94. The normalized spacial score (nSPS) is 16.8. The van der Waals surface area contributed by atoms with E-state index in [1.54, 1.807) is 12.3 Å². The number of nitrogens with one attached hydrogen (secondary N) is 1. The highest BCUT2D eigenvalue weighted by Crippen LogP contribution is 2.35. The Hall–Kier alpha value is -2.90. The van der Waals surface area contributed by atoms with Crippen molar-refractivity contribution in [2.24, 2.45) is 0 Å². The summed E-state index contributed by atoms with van der Waals surface area (Å²) in [6, 6.07) is 12.3. The van der Waals surface area contributed by atoms with E-state index in [0.717, 1.165) is 31.1 Å². The van der Waals surface area contributed by atoms with Crippen LogP contribution in [0.2, 0.25) is 10.0 Å². The van der Waals surface area contributed by atoms with Gasteiger partial charge in [0.25, 0.3) is 0 Å². The zero-order chi connectivity index (χ0) is 21.5. The van der Waals surface area contributed by atoms with Crippen molar-refractivity contribution in [3.63, 3.8) is 0 Å². The molecule has 4 aromatic rings. The molecule has 9 heteroatoms. The van der Waals surface area contributed by atoms with Gasteiger partial charge in [-0.15, -0.1) is 0 Å². The number of H-pyrrole nitrogens is 1. The molecule has 5 rings (SSSR count). The van der Waals surface area contributed by atoms with Crippen LogP contribution in [0.3, 0.4) is 0 Å². The minimum absolute atomic E-state index is 0.225. The van der Waals surface area contributed by atoms with E-state index in [-0.39, 0.29) is 11.9 Å². The first kappa shape index (κ1) is 20.0. The van der Waals surface area contributed by atoms with Crippen LogP contribution in [0, 0.1) is 5.82 Å². The number of nitrogens with zero attached hydrogens (tertiary/aromatic N) is 5. The van der Waals surface area contributed by atoms with Crippen LogP contribution in [0.4, 0.5) is 15.9 Å². The van der Waals surface area contributed by atoms with Crippen molar-refractivity contribution >= 4 is 45.9 Å². The average molecular weight is 457 g/mol. The number of rotatable bonds is 3. The Kier molecular flexibility index (Phi) is 5.16. The van der Waals surface area contributed by atoms with Gasteiger partial charge in [0.15, 0.2) is 5.65 Å². The standard InChI is InChI=1S/C22H19Cl2FN6/c1-13-12-30(9-10-31(13)15-7-5-14(25)6-8-15)18-11-26-21-20(28-29-22(21)27-18)16-3-2-4-17(23)19(16)24/h2-8,11,13H,9-10,12H2,1H3,(H,27,28,29). The molecule has 2 aromatic carbocycles. The molecular weight excluding hydrogens is 438 g/mol. The van der Waals surface area contributed by atoms with Crippen LogP contribution in [0.1, 0.15) is 6.92 Å². The van der Waals surface area contributed by atoms with Crippen molar-refractivity contribution in [1.82, 2.24) is 20.2 Å². The van der Waals surface area contributed by atoms with Gasteiger partial charge in [-0.3, -0.25) is 5.10 Å². The highest BCUT2D eigenvalue weighted by Gasteiger charge is 2.26. The SMILES string of the molecule is CC1CN(c2cnc3c(-c4cccc(Cl)c4Cl)n[nH]c3n2)CCN1c1ccc(F)cc1. The van der Waals surface area contributed by atoms with Gasteiger partial charge in [0, 0.05) is 36.9 Å². The third-order valence-electron chi connectivity index (χ3n) is 5.57. The number of aromatic nitrogens is 4. The van der Waals surface area contributed by atoms with E-state index in [1.165, 1.54) is 12.1 Å². The molecule has 1 fully saturated rings. The van der Waals surface area contributed by atoms with Crippen LogP contribution in [-0.2, 0) is 0 Å². The third kappa shape index (κ3) is 3.68. The zero-order valence-electron chi connectivity index (χ0n) is 16.7. The Morgan fingerprint density at radius 3 is 2.68 bits per heavy atom. The van der Waals surface area contributed by atoms with Gasteiger partial charge in [-0.25, -0.2) is 14.4 Å². The maximum atomic E-state index is 13.3. The van der Waals surface area contributed by atoms with Crippen LogP contribution >= 0.6 is 23.2 Å². The molecule has 0 radical (unpaired) electrons. The monoisotopic (exact) mass is 456 g/mol. The Morgan fingerprint density at radius 2 is 1.90 bits per heavy atom. The van der Waals surface area contributed by atoms with Crippen LogP contribution in [-0.4, -0.2) is 45.8 Å². The summed E-state index contributed by atoms with van der Waals surface area (Å²) in [6.45, 7) is 4.51. The molecule has 158 valence electrons. The van der Waals surface area contributed by atoms with E-state index < -0.39 is 0 Å². The molecule has 0 saturated carbocycles. The van der Waals surface area contributed by atoms with Crippen LogP contribution in [0.5, 0.6) is 0 Å². The summed E-state index contributed by atoms with van der Waals surface area (Å²) in [5.74, 6) is 0.558. The maximum Gasteiger partial charge on any atom is 0.177 e. The summed E-state index contributed by atoms with van der Waals surface area (Å²) in [6.07, 6.45) is 1.76. The Labute approximate surface area is 188 Å². The first-order valence-corrected chi connectivity index (χ1v) is 10.7. The lowest BCUT2D eigenvalue weighted by Crippen LogP contribution is -2.52. The Balaban J connectivity index is 1.39. The molecule has 0 amide bonds. The van der Waals surface area contributed by atoms with Crippen LogP contribution < -0.4 is 9.80 Å². The van der Waals surface area contributed by atoms with Gasteiger partial charge in [0.2, 0.25) is 0 Å². The number of fused-ring (bicyclic) bond motifs is 1. The first-order chi connectivity index (χ1) is 15.0. The van der Waals surface area contributed by atoms with Gasteiger partial charge >= 0.3 is 0 Å². The van der Waals surface area contributed by atoms with Gasteiger partial charge in [0.05, 0.1) is 16.2 Å². The highest BCUT2D eigenvalue weighted by molar-refractivity contribution is 6.43. The van der Waals surface area contributed by atoms with Gasteiger partial charge in [0.1, 0.15) is 22.8 Å². The van der Waals surface area contributed by atoms with Gasteiger partial charge < -0.3 is 9.80 Å². The second-order valence-electron chi connectivity index (χ2n) is 7.56. The predicted octanol–water partition coefficient (Wildman–Crippen LogP) is 5.18. The second-order valence-corrected chi connectivity index (χ2v) is 8.35. The quantitative estimate of drug-likeness (QED) is 0.460. The molecule has 6 nitrogen and oxygen atoms in total. The summed E-state index contributed by atoms with van der Waals surface area (Å²) in [5.41, 5.74) is 3.59. The number of aromatic amines is 1. The summed E-state index contributed by atoms with van der Waals surface area (Å²) >= 11 is 12.5. The van der Waals surface area contributed by atoms with Crippen molar-refractivity contribution in [2.45, 2.75) is 13.0 Å². The van der Waals surface area contributed by atoms with Crippen molar-refractivity contribution < 1.29 is 4.39 Å². The van der Waals surface area contributed by atoms with E-state index in [0.29, 0.717) is 32.5 Å². The smallest absolute Gasteiger partial charge is 0.177 e. The van der Waals surface area contributed by atoms with E-state index in [9.17, 15) is 4.39 Å². The van der Waals surface area contributed by atoms with Crippen LogP contribution in [0.15, 0.2) is 48.7 Å². The molecular formula is C22H19Cl2FN6. The molecule has 3 heterocycles. The molecule has 1 aliphatic rings. The molecule has 1 aliphatic heterocycles. The lowest BCUT2D eigenvalue weighted by molar-refractivity contribution is 0.546. The van der Waals surface area contributed by atoms with Crippen LogP contribution in [0.25, 0.3) is 22.4 Å². The van der Waals surface area contributed by atoms with Gasteiger partial charge in [-0.2, -0.15) is 5.10 Å². The summed E-state index contributed by atoms with van der Waals surface area (Å²) in [4.78, 5) is 13.8. The summed E-state index contributed by atoms with van der Waals surface area (Å²) in [5, 5.41) is 8.25. The molecule has 0 bridgehead atoms. The minimum Gasteiger partial charge on any atom is -0.365 e. The summed E-state index contributed by atoms with van der Waals surface area (Å²) < 4.78 is 13.3. The molecule has 0 spiro atoms. The molecule has 0 aliphatic carbocycles. The third-order valence-corrected chi connectivity index (χ3v) is 6.39. The maximum absolute atomic E-state index is 13.3. The largest absolute Gasteiger partial charge is 0.365 e. The number of benzene rings is 2. The lowest BCUT2D eigenvalue weighted by Gasteiger charge is -2.41. The average Bonchev–Trinajstić information content (AvgIpc) is 3.19. The highest BCUT2D eigenvalue weighted by atomic mass is 35.5. The number of halogens is 3. The fourth-order valence-electron chi connectivity index (χ4n) is 4.00. The number of anilines is 2. The number of hydrogen-bond acceptors (Lipinski definition) is 5. The molecule has 2 aromatic heterocycles. The number of piperazine rings is 1. The summed E-state index contributed by atoms with van der Waals surface area (Å²) in [7, 11) is 0. The minimum atomic E-state index is -0.225. The Morgan fingerprint density at radius 1 is 1.10 bits per heavy atom. The zero-order valence-corrected chi connectivity index (χ0v) is 18.2. The van der Waals surface area contributed by atoms with Crippen molar-refractivity contribution in [3.05, 3.63) is 64.5 Å². The fraction of sp³-hybridized carbons (Fsp3) is 0.227. The van der Waals surface area contributed by atoms with E-state index >= 15 is 0 Å². The Bertz CT molecular complexity index is 1240. The number of hydrogen-bond donors (Lipinski definition) is 1. The molecule has 1 unspecified atom stereocenters. The van der Waals surface area contributed by atoms with Crippen molar-refractivity contribution in [1.29, 1.82) is 0 Å². The van der Waals surface area contributed by atoms with Gasteiger partial charge in [-0.1, -0.05) is 35.3 Å². The predicted molar refractivity (Wildman–Crippen MR) is 123 cm³/mol. The van der Waals surface area contributed by atoms with Gasteiger partial charge in [-0.05, 0) is 37.3 Å². The van der Waals surface area contributed by atoms with Crippen molar-refractivity contribution in [2.75, 3.05) is 29.4 Å². The van der Waals surface area contributed by atoms with Crippen molar-refractivity contribution in [3.8, 4) is 11.3 Å². The molecule has 31 heavy (non-hydrogen) atoms.